The third-order valence-electron chi connectivity index (χ3n) is 3.82. The lowest BCUT2D eigenvalue weighted by atomic mass is 9.92. The van der Waals surface area contributed by atoms with Crippen LogP contribution >= 0.6 is 63.7 Å². The van der Waals surface area contributed by atoms with Gasteiger partial charge in [0.1, 0.15) is 6.47 Å². The predicted octanol–water partition coefficient (Wildman–Crippen LogP) is 8.33. The summed E-state index contributed by atoms with van der Waals surface area (Å²) < 4.78 is -0.417. The molecule has 0 radical (unpaired) electrons. The van der Waals surface area contributed by atoms with Crippen LogP contribution in [0.15, 0.2) is 36.4 Å². The van der Waals surface area contributed by atoms with E-state index in [1.807, 2.05) is 0 Å². The highest BCUT2D eigenvalue weighted by Gasteiger charge is 2.36. The largest absolute Gasteiger partial charge is 0.106 e. The van der Waals surface area contributed by atoms with Crippen LogP contribution in [0.3, 0.4) is 0 Å². The molecule has 2 aromatic rings. The van der Waals surface area contributed by atoms with Crippen LogP contribution in [-0.4, -0.2) is 0 Å². The van der Waals surface area contributed by atoms with Crippen LogP contribution in [0.4, 0.5) is 0 Å². The second kappa shape index (κ2) is 7.67. The summed E-state index contributed by atoms with van der Waals surface area (Å²) in [6.45, 7) is 4.42. The van der Waals surface area contributed by atoms with Gasteiger partial charge in [-0.3, -0.25) is 0 Å². The Morgan fingerprint density at radius 1 is 0.773 bits per heavy atom. The molecule has 0 nitrogen and oxygen atoms in total. The molecular formula is C18H20Br4. The highest BCUT2D eigenvalue weighted by Crippen LogP contribution is 2.53. The van der Waals surface area contributed by atoms with E-state index in [0.717, 1.165) is 25.7 Å². The van der Waals surface area contributed by atoms with Gasteiger partial charge in [-0.2, -0.15) is 0 Å². The summed E-state index contributed by atoms with van der Waals surface area (Å²) in [4.78, 5) is 0. The molecule has 0 saturated carbocycles. The first-order chi connectivity index (χ1) is 10.3. The fraction of sp³-hybridized carbons (Fsp3) is 0.444. The lowest BCUT2D eigenvalue weighted by Crippen LogP contribution is -2.19. The van der Waals surface area contributed by atoms with Crippen LogP contribution in [0.25, 0.3) is 10.8 Å². The molecule has 0 fully saturated rings. The first kappa shape index (κ1) is 19.0. The Kier molecular flexibility index (Phi) is 6.61. The molecule has 0 aromatic heterocycles. The third-order valence-corrected chi connectivity index (χ3v) is 7.05. The first-order valence-electron chi connectivity index (χ1n) is 7.62. The molecule has 0 bridgehead atoms. The Balaban J connectivity index is 2.76. The Morgan fingerprint density at radius 3 is 2.00 bits per heavy atom. The van der Waals surface area contributed by atoms with Gasteiger partial charge in [-0.1, -0.05) is 127 Å². The van der Waals surface area contributed by atoms with Gasteiger partial charge in [0.05, 0.1) is 0 Å². The molecule has 0 spiro atoms. The monoisotopic (exact) mass is 552 g/mol. The first-order valence-corrected chi connectivity index (χ1v) is 10.8. The van der Waals surface area contributed by atoms with Gasteiger partial charge in [-0.25, -0.2) is 0 Å². The van der Waals surface area contributed by atoms with Crippen molar-refractivity contribution in [3.8, 4) is 0 Å². The van der Waals surface area contributed by atoms with Crippen molar-refractivity contribution in [2.75, 3.05) is 0 Å². The van der Waals surface area contributed by atoms with Gasteiger partial charge in [-0.15, -0.1) is 0 Å². The molecule has 0 aliphatic carbocycles. The summed E-state index contributed by atoms with van der Waals surface area (Å²) in [5.74, 6) is 0. The zero-order chi connectivity index (χ0) is 16.4. The van der Waals surface area contributed by atoms with E-state index in [0.29, 0.717) is 0 Å². The van der Waals surface area contributed by atoms with E-state index in [-0.39, 0.29) is 6.47 Å². The lowest BCUT2D eigenvalue weighted by Gasteiger charge is -2.31. The van der Waals surface area contributed by atoms with E-state index in [1.165, 1.54) is 21.9 Å². The van der Waals surface area contributed by atoms with Crippen molar-refractivity contribution in [2.45, 2.75) is 46.0 Å². The molecule has 4 heteroatoms. The van der Waals surface area contributed by atoms with Crippen molar-refractivity contribution in [1.29, 1.82) is 0 Å². The van der Waals surface area contributed by atoms with Gasteiger partial charge in [0.25, 0.3) is 0 Å². The van der Waals surface area contributed by atoms with Crippen LogP contribution in [-0.2, 0) is 6.47 Å². The molecule has 0 saturated heterocycles. The number of halogens is 4. The second-order valence-electron chi connectivity index (χ2n) is 5.62. The highest BCUT2D eigenvalue weighted by atomic mass is 79.9. The average molecular weight is 556 g/mol. The third kappa shape index (κ3) is 3.99. The van der Waals surface area contributed by atoms with Crippen molar-refractivity contribution in [1.82, 2.24) is 0 Å². The van der Waals surface area contributed by atoms with E-state index in [9.17, 15) is 0 Å². The fourth-order valence-corrected chi connectivity index (χ4v) is 5.96. The predicted molar refractivity (Wildman–Crippen MR) is 113 cm³/mol. The number of alkyl halides is 4. The van der Waals surface area contributed by atoms with E-state index < -0.39 is 0 Å². The normalized spacial score (nSPS) is 12.8. The van der Waals surface area contributed by atoms with Crippen LogP contribution in [0, 0.1) is 0 Å². The van der Waals surface area contributed by atoms with Gasteiger partial charge < -0.3 is 0 Å². The zero-order valence-corrected chi connectivity index (χ0v) is 19.1. The van der Waals surface area contributed by atoms with Crippen LogP contribution < -0.4 is 0 Å². The molecule has 0 atom stereocenters. The number of hydrogen-bond acceptors (Lipinski definition) is 0. The Bertz CT molecular complexity index is 647. The van der Waals surface area contributed by atoms with Crippen LogP contribution in [0.5, 0.6) is 0 Å². The van der Waals surface area contributed by atoms with Gasteiger partial charge in [0, 0.05) is 0 Å². The summed E-state index contributed by atoms with van der Waals surface area (Å²) in [7, 11) is 0. The summed E-state index contributed by atoms with van der Waals surface area (Å²) >= 11 is 15.7. The summed E-state index contributed by atoms with van der Waals surface area (Å²) in [5, 5.41) is 2.56. The molecule has 22 heavy (non-hydrogen) atoms. The number of fused-ring (bicyclic) bond motifs is 1. The molecule has 120 valence electrons. The Hall–Kier alpha value is 0.620. The molecular weight excluding hydrogens is 536 g/mol. The molecule has 0 N–H and O–H groups in total. The fourth-order valence-electron chi connectivity index (χ4n) is 2.86. The van der Waals surface area contributed by atoms with E-state index in [2.05, 4.69) is 114 Å². The summed E-state index contributed by atoms with van der Waals surface area (Å²) in [6.07, 6.45) is 4.26. The minimum atomic E-state index is -0.217. The molecule has 0 unspecified atom stereocenters. The smallest absolute Gasteiger partial charge is 0.0674 e. The van der Waals surface area contributed by atoms with E-state index >= 15 is 0 Å². The standard InChI is InChI=1S/C18H20Br4/c1-3-11-17(19,20)15-10-9-13-7-5-6-8-14(13)16(15)18(21,22)12-4-2/h5-10H,3-4,11-12H2,1-2H3. The Labute approximate surface area is 167 Å². The quantitative estimate of drug-likeness (QED) is 0.314. The maximum absolute atomic E-state index is 3.94. The molecule has 2 aromatic carbocycles. The summed E-state index contributed by atoms with van der Waals surface area (Å²) in [5.41, 5.74) is 2.60. The van der Waals surface area contributed by atoms with Gasteiger partial charge in [0.2, 0.25) is 0 Å². The van der Waals surface area contributed by atoms with E-state index in [1.54, 1.807) is 0 Å². The average Bonchev–Trinajstić information content (AvgIpc) is 2.45. The number of rotatable bonds is 6. The van der Waals surface area contributed by atoms with Crippen molar-refractivity contribution in [2.24, 2.45) is 0 Å². The molecule has 0 aliphatic rings. The maximum Gasteiger partial charge on any atom is 0.106 e. The Morgan fingerprint density at radius 2 is 1.36 bits per heavy atom. The van der Waals surface area contributed by atoms with Crippen molar-refractivity contribution in [3.63, 3.8) is 0 Å². The highest BCUT2D eigenvalue weighted by molar-refractivity contribution is 9.25. The molecule has 0 heterocycles. The molecule has 0 aliphatic heterocycles. The van der Waals surface area contributed by atoms with Gasteiger partial charge in [0.15, 0.2) is 0 Å². The lowest BCUT2D eigenvalue weighted by molar-refractivity contribution is 0.719. The van der Waals surface area contributed by atoms with Crippen LogP contribution in [0.2, 0.25) is 0 Å². The van der Waals surface area contributed by atoms with Gasteiger partial charge in [-0.05, 0) is 34.7 Å². The minimum Gasteiger partial charge on any atom is -0.0674 e. The molecule has 0 amide bonds. The second-order valence-corrected chi connectivity index (χ2v) is 13.2. The van der Waals surface area contributed by atoms with Gasteiger partial charge >= 0.3 is 0 Å². The summed E-state index contributed by atoms with van der Waals surface area (Å²) in [6, 6.07) is 13.0. The topological polar surface area (TPSA) is 0 Å². The maximum atomic E-state index is 3.94. The van der Waals surface area contributed by atoms with Crippen molar-refractivity contribution in [3.05, 3.63) is 47.5 Å². The number of benzene rings is 2. The SMILES string of the molecule is CCCC(Br)(Br)c1ccc2ccccc2c1C(Br)(Br)CCC. The molecule has 2 rings (SSSR count). The van der Waals surface area contributed by atoms with Crippen molar-refractivity contribution >= 4 is 74.5 Å². The van der Waals surface area contributed by atoms with E-state index in [4.69, 9.17) is 0 Å². The minimum absolute atomic E-state index is 0.200. The van der Waals surface area contributed by atoms with Crippen LogP contribution in [0.1, 0.15) is 50.7 Å². The zero-order valence-electron chi connectivity index (χ0n) is 12.8. The van der Waals surface area contributed by atoms with Crippen molar-refractivity contribution < 1.29 is 0 Å². The number of hydrogen-bond donors (Lipinski definition) is 0.